The fraction of sp³-hybridized carbons (Fsp3) is 0.789. The minimum atomic E-state index is 0.779. The third-order valence-electron chi connectivity index (χ3n) is 5.72. The van der Waals surface area contributed by atoms with E-state index in [1.165, 1.54) is 68.9 Å². The van der Waals surface area contributed by atoms with Crippen molar-refractivity contribution in [1.82, 2.24) is 0 Å². The van der Waals surface area contributed by atoms with Crippen LogP contribution in [-0.4, -0.2) is 27.4 Å². The molecule has 0 aliphatic heterocycles. The van der Waals surface area contributed by atoms with Gasteiger partial charge in [-0.05, 0) is 60.7 Å². The summed E-state index contributed by atoms with van der Waals surface area (Å²) in [6, 6.07) is 0. The van der Waals surface area contributed by atoms with E-state index in [-0.39, 0.29) is 0 Å². The van der Waals surface area contributed by atoms with Gasteiger partial charge in [-0.2, -0.15) is 0 Å². The summed E-state index contributed by atoms with van der Waals surface area (Å²) < 4.78 is 11.0. The molecule has 2 saturated carbocycles. The van der Waals surface area contributed by atoms with E-state index >= 15 is 0 Å². The van der Waals surface area contributed by atoms with E-state index in [9.17, 15) is 0 Å². The zero-order chi connectivity index (χ0) is 14.7. The zero-order valence-electron chi connectivity index (χ0n) is 13.7. The Labute approximate surface area is 129 Å². The van der Waals surface area contributed by atoms with Crippen LogP contribution in [0.15, 0.2) is 22.3 Å². The molecule has 3 aliphatic carbocycles. The van der Waals surface area contributed by atoms with Crippen molar-refractivity contribution in [3.63, 3.8) is 0 Å². The molecule has 21 heavy (non-hydrogen) atoms. The summed E-state index contributed by atoms with van der Waals surface area (Å²) in [6.45, 7) is 1.56. The molecule has 118 valence electrons. The van der Waals surface area contributed by atoms with Crippen LogP contribution in [0, 0.1) is 11.8 Å². The molecule has 2 fully saturated rings. The quantitative estimate of drug-likeness (QED) is 0.708. The lowest BCUT2D eigenvalue weighted by Gasteiger charge is -2.21. The molecule has 0 unspecified atom stereocenters. The van der Waals surface area contributed by atoms with Crippen LogP contribution in [0.2, 0.25) is 0 Å². The largest absolute Gasteiger partial charge is 0.380 e. The van der Waals surface area contributed by atoms with Gasteiger partial charge in [0.25, 0.3) is 0 Å². The van der Waals surface area contributed by atoms with E-state index in [0.717, 1.165) is 25.0 Å². The molecule has 0 radical (unpaired) electrons. The molecule has 0 spiro atoms. The molecular weight excluding hydrogens is 260 g/mol. The normalized spacial score (nSPS) is 24.9. The van der Waals surface area contributed by atoms with Crippen molar-refractivity contribution < 1.29 is 9.47 Å². The zero-order valence-corrected chi connectivity index (χ0v) is 13.7. The summed E-state index contributed by atoms with van der Waals surface area (Å²) in [7, 11) is 3.65. The van der Waals surface area contributed by atoms with Crippen molar-refractivity contribution >= 4 is 0 Å². The van der Waals surface area contributed by atoms with E-state index < -0.39 is 0 Å². The van der Waals surface area contributed by atoms with Crippen LogP contribution >= 0.6 is 0 Å². The van der Waals surface area contributed by atoms with Gasteiger partial charge in [0, 0.05) is 14.2 Å². The summed E-state index contributed by atoms with van der Waals surface area (Å²) >= 11 is 0. The minimum absolute atomic E-state index is 0.779. The number of rotatable bonds is 6. The molecule has 0 heterocycles. The van der Waals surface area contributed by atoms with Crippen LogP contribution in [0.4, 0.5) is 0 Å². The lowest BCUT2D eigenvalue weighted by atomic mass is 9.85. The summed E-state index contributed by atoms with van der Waals surface area (Å²) in [5.74, 6) is 1.65. The molecule has 0 saturated heterocycles. The maximum Gasteiger partial charge on any atom is 0.0716 e. The molecule has 3 rings (SSSR count). The van der Waals surface area contributed by atoms with Crippen LogP contribution < -0.4 is 0 Å². The molecule has 2 nitrogen and oxygen atoms in total. The molecule has 2 heteroatoms. The molecule has 3 aliphatic rings. The first-order valence-corrected chi connectivity index (χ1v) is 8.77. The number of hydrogen-bond donors (Lipinski definition) is 0. The first-order chi connectivity index (χ1) is 10.3. The Bertz CT molecular complexity index is 421. The molecule has 0 N–H and O–H groups in total. The van der Waals surface area contributed by atoms with Crippen molar-refractivity contribution in [1.29, 1.82) is 0 Å². The van der Waals surface area contributed by atoms with Crippen LogP contribution in [0.25, 0.3) is 0 Å². The van der Waals surface area contributed by atoms with Gasteiger partial charge in [0.05, 0.1) is 13.2 Å². The Morgan fingerprint density at radius 2 is 1.38 bits per heavy atom. The number of allylic oxidation sites excluding steroid dienone is 1. The molecular formula is C19H30O2. The third kappa shape index (κ3) is 3.12. The van der Waals surface area contributed by atoms with Crippen molar-refractivity contribution in [3.05, 3.63) is 22.3 Å². The van der Waals surface area contributed by atoms with Crippen molar-refractivity contribution in [2.45, 2.75) is 57.8 Å². The SMILES string of the molecule is COCC1=C(COC)C(C2CCCC2)=C(C2CCCC2)C1. The van der Waals surface area contributed by atoms with Gasteiger partial charge < -0.3 is 9.47 Å². The fourth-order valence-electron chi connectivity index (χ4n) is 4.81. The van der Waals surface area contributed by atoms with Gasteiger partial charge in [-0.25, -0.2) is 0 Å². The molecule has 0 bridgehead atoms. The Balaban J connectivity index is 1.92. The van der Waals surface area contributed by atoms with Crippen molar-refractivity contribution in [2.75, 3.05) is 27.4 Å². The highest BCUT2D eigenvalue weighted by molar-refractivity contribution is 5.50. The second-order valence-electron chi connectivity index (χ2n) is 7.03. The van der Waals surface area contributed by atoms with E-state index in [1.807, 2.05) is 14.2 Å². The molecule has 0 aromatic heterocycles. The average Bonchev–Trinajstić information content (AvgIpc) is 3.19. The van der Waals surface area contributed by atoms with Crippen LogP contribution in [0.1, 0.15) is 57.8 Å². The third-order valence-corrected chi connectivity index (χ3v) is 5.72. The minimum Gasteiger partial charge on any atom is -0.380 e. The van der Waals surface area contributed by atoms with Gasteiger partial charge in [0.2, 0.25) is 0 Å². The summed E-state index contributed by atoms with van der Waals surface area (Å²) in [6.07, 6.45) is 12.4. The van der Waals surface area contributed by atoms with E-state index in [1.54, 1.807) is 11.1 Å². The van der Waals surface area contributed by atoms with Gasteiger partial charge in [0.1, 0.15) is 0 Å². The maximum atomic E-state index is 5.56. The van der Waals surface area contributed by atoms with Gasteiger partial charge in [-0.1, -0.05) is 31.3 Å². The van der Waals surface area contributed by atoms with Crippen LogP contribution in [0.3, 0.4) is 0 Å². The second-order valence-corrected chi connectivity index (χ2v) is 7.03. The van der Waals surface area contributed by atoms with Crippen LogP contribution in [-0.2, 0) is 9.47 Å². The Morgan fingerprint density at radius 1 is 0.810 bits per heavy atom. The van der Waals surface area contributed by atoms with E-state index in [4.69, 9.17) is 9.47 Å². The molecule has 0 aromatic rings. The first kappa shape index (κ1) is 15.3. The van der Waals surface area contributed by atoms with E-state index in [2.05, 4.69) is 0 Å². The summed E-state index contributed by atoms with van der Waals surface area (Å²) in [4.78, 5) is 0. The van der Waals surface area contributed by atoms with Gasteiger partial charge >= 0.3 is 0 Å². The van der Waals surface area contributed by atoms with E-state index in [0.29, 0.717) is 0 Å². The summed E-state index contributed by atoms with van der Waals surface area (Å²) in [5.41, 5.74) is 6.50. The smallest absolute Gasteiger partial charge is 0.0716 e. The fourth-order valence-corrected chi connectivity index (χ4v) is 4.81. The Kier molecular flexibility index (Phi) is 5.18. The molecule has 0 aromatic carbocycles. The van der Waals surface area contributed by atoms with Crippen molar-refractivity contribution in [2.24, 2.45) is 11.8 Å². The number of ether oxygens (including phenoxy) is 2. The standard InChI is InChI=1S/C19H30O2/c1-20-12-16-11-17(14-7-3-4-8-14)19(18(16)13-21-2)15-9-5-6-10-15/h14-15H,3-13H2,1-2H3. The number of hydrogen-bond acceptors (Lipinski definition) is 2. The predicted octanol–water partition coefficient (Wildman–Crippen LogP) is 4.66. The second kappa shape index (κ2) is 7.11. The lowest BCUT2D eigenvalue weighted by molar-refractivity contribution is 0.211. The van der Waals surface area contributed by atoms with Crippen molar-refractivity contribution in [3.8, 4) is 0 Å². The highest BCUT2D eigenvalue weighted by Gasteiger charge is 2.34. The molecule has 0 atom stereocenters. The Morgan fingerprint density at radius 3 is 1.95 bits per heavy atom. The van der Waals surface area contributed by atoms with Gasteiger partial charge in [0.15, 0.2) is 0 Å². The van der Waals surface area contributed by atoms with Crippen LogP contribution in [0.5, 0.6) is 0 Å². The average molecular weight is 290 g/mol. The summed E-state index contributed by atoms with van der Waals surface area (Å²) in [5, 5.41) is 0. The maximum absolute atomic E-state index is 5.56. The topological polar surface area (TPSA) is 18.5 Å². The first-order valence-electron chi connectivity index (χ1n) is 8.77. The Hall–Kier alpha value is -0.600. The van der Waals surface area contributed by atoms with Gasteiger partial charge in [-0.15, -0.1) is 0 Å². The highest BCUT2D eigenvalue weighted by atomic mass is 16.5. The lowest BCUT2D eigenvalue weighted by Crippen LogP contribution is -2.10. The molecule has 0 amide bonds. The highest BCUT2D eigenvalue weighted by Crippen LogP contribution is 2.48. The monoisotopic (exact) mass is 290 g/mol. The number of methoxy groups -OCH3 is 2. The predicted molar refractivity (Wildman–Crippen MR) is 86.3 cm³/mol. The van der Waals surface area contributed by atoms with Gasteiger partial charge in [-0.3, -0.25) is 0 Å².